The lowest BCUT2D eigenvalue weighted by atomic mass is 10.2. The van der Waals surface area contributed by atoms with Gasteiger partial charge in [-0.05, 0) is 38.5 Å². The van der Waals surface area contributed by atoms with Crippen LogP contribution in [0.1, 0.15) is 31.3 Å². The first-order chi connectivity index (χ1) is 10.6. The quantitative estimate of drug-likeness (QED) is 0.753. The van der Waals surface area contributed by atoms with Gasteiger partial charge in [0.25, 0.3) is 5.89 Å². The Morgan fingerprint density at radius 1 is 1.32 bits per heavy atom. The SMILES string of the molecule is Cc1cnn([C@@H](C)[C@H](C)NCc2nnc(-c3ccco3)o2)c1. The van der Waals surface area contributed by atoms with Gasteiger partial charge in [-0.3, -0.25) is 4.68 Å². The van der Waals surface area contributed by atoms with Crippen molar-refractivity contribution in [3.05, 3.63) is 42.2 Å². The van der Waals surface area contributed by atoms with E-state index in [-0.39, 0.29) is 12.1 Å². The zero-order valence-corrected chi connectivity index (χ0v) is 12.9. The van der Waals surface area contributed by atoms with Crippen molar-refractivity contribution in [1.82, 2.24) is 25.3 Å². The number of aromatic nitrogens is 4. The minimum absolute atomic E-state index is 0.207. The van der Waals surface area contributed by atoms with Gasteiger partial charge >= 0.3 is 0 Å². The molecule has 22 heavy (non-hydrogen) atoms. The Hall–Kier alpha value is -2.41. The molecule has 116 valence electrons. The first-order valence-corrected chi connectivity index (χ1v) is 7.24. The van der Waals surface area contributed by atoms with Gasteiger partial charge in [-0.25, -0.2) is 0 Å². The number of rotatable bonds is 6. The van der Waals surface area contributed by atoms with E-state index in [1.165, 1.54) is 0 Å². The van der Waals surface area contributed by atoms with Crippen molar-refractivity contribution in [3.8, 4) is 11.7 Å². The number of furan rings is 1. The first-order valence-electron chi connectivity index (χ1n) is 7.24. The summed E-state index contributed by atoms with van der Waals surface area (Å²) in [6.45, 7) is 6.75. The topological polar surface area (TPSA) is 81.9 Å². The van der Waals surface area contributed by atoms with Crippen LogP contribution in [0.3, 0.4) is 0 Å². The molecule has 0 aliphatic rings. The molecule has 0 amide bonds. The van der Waals surface area contributed by atoms with Gasteiger partial charge in [0, 0.05) is 12.2 Å². The Bertz CT molecular complexity index is 716. The highest BCUT2D eigenvalue weighted by Crippen LogP contribution is 2.18. The number of hydrogen-bond acceptors (Lipinski definition) is 6. The molecule has 3 aromatic rings. The number of nitrogens with zero attached hydrogens (tertiary/aromatic N) is 4. The van der Waals surface area contributed by atoms with Gasteiger partial charge in [0.05, 0.1) is 25.0 Å². The van der Waals surface area contributed by atoms with Gasteiger partial charge in [0.1, 0.15) is 0 Å². The van der Waals surface area contributed by atoms with Crippen LogP contribution in [0.4, 0.5) is 0 Å². The lowest BCUT2D eigenvalue weighted by Crippen LogP contribution is -2.33. The molecule has 0 aromatic carbocycles. The molecule has 3 aromatic heterocycles. The zero-order valence-electron chi connectivity index (χ0n) is 12.9. The average molecular weight is 301 g/mol. The Kier molecular flexibility index (Phi) is 4.06. The van der Waals surface area contributed by atoms with Crippen LogP contribution in [0.2, 0.25) is 0 Å². The monoisotopic (exact) mass is 301 g/mol. The van der Waals surface area contributed by atoms with Crippen LogP contribution in [0.5, 0.6) is 0 Å². The van der Waals surface area contributed by atoms with Gasteiger partial charge in [-0.1, -0.05) is 0 Å². The normalized spacial score (nSPS) is 14.1. The van der Waals surface area contributed by atoms with Crippen LogP contribution in [0.15, 0.2) is 39.6 Å². The molecule has 0 unspecified atom stereocenters. The summed E-state index contributed by atoms with van der Waals surface area (Å²) >= 11 is 0. The largest absolute Gasteiger partial charge is 0.459 e. The third-order valence-corrected chi connectivity index (χ3v) is 3.65. The summed E-state index contributed by atoms with van der Waals surface area (Å²) in [6, 6.07) is 4.00. The standard InChI is InChI=1S/C15H19N5O2/c1-10-7-17-20(9-10)12(3)11(2)16-8-14-18-19-15(22-14)13-5-4-6-21-13/h4-7,9,11-12,16H,8H2,1-3H3/t11-,12-/m0/s1. The molecule has 3 heterocycles. The summed E-state index contributed by atoms with van der Waals surface area (Å²) in [5.41, 5.74) is 1.15. The van der Waals surface area contributed by atoms with Crippen LogP contribution in [-0.4, -0.2) is 26.0 Å². The molecule has 0 saturated heterocycles. The van der Waals surface area contributed by atoms with Crippen LogP contribution in [0.25, 0.3) is 11.7 Å². The second-order valence-electron chi connectivity index (χ2n) is 5.39. The maximum absolute atomic E-state index is 5.57. The molecular weight excluding hydrogens is 282 g/mol. The summed E-state index contributed by atoms with van der Waals surface area (Å²) in [4.78, 5) is 0. The van der Waals surface area contributed by atoms with E-state index in [0.29, 0.717) is 24.1 Å². The molecule has 0 fully saturated rings. The third-order valence-electron chi connectivity index (χ3n) is 3.65. The Labute approximate surface area is 128 Å². The fourth-order valence-corrected chi connectivity index (χ4v) is 2.13. The molecule has 3 rings (SSSR count). The Morgan fingerprint density at radius 2 is 2.18 bits per heavy atom. The highest BCUT2D eigenvalue weighted by Gasteiger charge is 2.16. The van der Waals surface area contributed by atoms with E-state index in [2.05, 4.69) is 34.5 Å². The van der Waals surface area contributed by atoms with Gasteiger partial charge in [-0.2, -0.15) is 5.10 Å². The van der Waals surface area contributed by atoms with Crippen molar-refractivity contribution in [1.29, 1.82) is 0 Å². The van der Waals surface area contributed by atoms with Crippen molar-refractivity contribution >= 4 is 0 Å². The van der Waals surface area contributed by atoms with E-state index < -0.39 is 0 Å². The highest BCUT2D eigenvalue weighted by atomic mass is 16.4. The van der Waals surface area contributed by atoms with E-state index in [4.69, 9.17) is 8.83 Å². The van der Waals surface area contributed by atoms with Gasteiger partial charge in [0.15, 0.2) is 5.76 Å². The van der Waals surface area contributed by atoms with Gasteiger partial charge in [0.2, 0.25) is 5.89 Å². The van der Waals surface area contributed by atoms with E-state index in [1.54, 1.807) is 18.4 Å². The summed E-state index contributed by atoms with van der Waals surface area (Å²) in [5, 5.41) is 15.7. The number of aryl methyl sites for hydroxylation is 1. The summed E-state index contributed by atoms with van der Waals surface area (Å²) in [5.74, 6) is 1.50. The Balaban J connectivity index is 1.58. The van der Waals surface area contributed by atoms with Crippen LogP contribution < -0.4 is 5.32 Å². The molecule has 0 saturated carbocycles. The molecule has 1 N–H and O–H groups in total. The van der Waals surface area contributed by atoms with Crippen molar-refractivity contribution < 1.29 is 8.83 Å². The minimum Gasteiger partial charge on any atom is -0.459 e. The molecule has 0 spiro atoms. The molecule has 0 bridgehead atoms. The van der Waals surface area contributed by atoms with E-state index in [1.807, 2.05) is 24.0 Å². The maximum Gasteiger partial charge on any atom is 0.283 e. The smallest absolute Gasteiger partial charge is 0.283 e. The number of nitrogens with one attached hydrogen (secondary N) is 1. The molecule has 0 radical (unpaired) electrons. The zero-order chi connectivity index (χ0) is 15.5. The highest BCUT2D eigenvalue weighted by molar-refractivity contribution is 5.42. The first kappa shape index (κ1) is 14.5. The molecule has 0 aliphatic carbocycles. The number of hydrogen-bond donors (Lipinski definition) is 1. The lowest BCUT2D eigenvalue weighted by molar-refractivity contribution is 0.348. The van der Waals surface area contributed by atoms with Gasteiger partial charge < -0.3 is 14.2 Å². The molecule has 7 heteroatoms. The Morgan fingerprint density at radius 3 is 2.86 bits per heavy atom. The summed E-state index contributed by atoms with van der Waals surface area (Å²) in [7, 11) is 0. The average Bonchev–Trinajstić information content (AvgIpc) is 3.24. The van der Waals surface area contributed by atoms with Crippen molar-refractivity contribution in [2.45, 2.75) is 39.4 Å². The van der Waals surface area contributed by atoms with Crippen molar-refractivity contribution in [2.24, 2.45) is 0 Å². The molecular formula is C15H19N5O2. The molecule has 2 atom stereocenters. The second kappa shape index (κ2) is 6.15. The second-order valence-corrected chi connectivity index (χ2v) is 5.39. The van der Waals surface area contributed by atoms with Gasteiger partial charge in [-0.15, -0.1) is 10.2 Å². The van der Waals surface area contributed by atoms with Crippen molar-refractivity contribution in [2.75, 3.05) is 0 Å². The van der Waals surface area contributed by atoms with E-state index in [9.17, 15) is 0 Å². The predicted octanol–water partition coefficient (Wildman–Crippen LogP) is 2.57. The minimum atomic E-state index is 0.207. The fourth-order valence-electron chi connectivity index (χ4n) is 2.13. The summed E-state index contributed by atoms with van der Waals surface area (Å²) in [6.07, 6.45) is 5.47. The molecule has 0 aliphatic heterocycles. The van der Waals surface area contributed by atoms with Crippen LogP contribution in [0, 0.1) is 6.92 Å². The van der Waals surface area contributed by atoms with Crippen LogP contribution in [-0.2, 0) is 6.54 Å². The van der Waals surface area contributed by atoms with Crippen LogP contribution >= 0.6 is 0 Å². The maximum atomic E-state index is 5.57. The lowest BCUT2D eigenvalue weighted by Gasteiger charge is -2.21. The van der Waals surface area contributed by atoms with E-state index in [0.717, 1.165) is 5.56 Å². The van der Waals surface area contributed by atoms with E-state index >= 15 is 0 Å². The third kappa shape index (κ3) is 3.09. The predicted molar refractivity (Wildman–Crippen MR) is 80.0 cm³/mol. The summed E-state index contributed by atoms with van der Waals surface area (Å²) < 4.78 is 12.7. The van der Waals surface area contributed by atoms with Crippen molar-refractivity contribution in [3.63, 3.8) is 0 Å². The fraction of sp³-hybridized carbons (Fsp3) is 0.400. The molecule has 7 nitrogen and oxygen atoms in total.